The third kappa shape index (κ3) is 2.72. The minimum Gasteiger partial charge on any atom is -0.368 e. The Hall–Kier alpha value is -1.06. The normalized spacial score (nSPS) is 12.4. The molecule has 0 saturated carbocycles. The second-order valence-corrected chi connectivity index (χ2v) is 3.38. The molecule has 3 N–H and O–H groups in total. The number of nitrogens with one attached hydrogen (secondary N) is 1. The lowest BCUT2D eigenvalue weighted by Gasteiger charge is -2.14. The van der Waals surface area contributed by atoms with Crippen LogP contribution in [0, 0.1) is 0 Å². The molecule has 0 aliphatic rings. The van der Waals surface area contributed by atoms with E-state index in [1.165, 1.54) is 0 Å². The number of nitrogens with two attached hydrogens (primary N) is 1. The topological polar surface area (TPSA) is 55.1 Å². The molecular weight excluding hydrogens is 200 g/mol. The van der Waals surface area contributed by atoms with E-state index in [1.54, 1.807) is 18.2 Å². The highest BCUT2D eigenvalue weighted by Gasteiger charge is 2.15. The monoisotopic (exact) mass is 212 g/mol. The second kappa shape index (κ2) is 4.98. The third-order valence-electron chi connectivity index (χ3n) is 1.87. The molecule has 1 aromatic carbocycles. The van der Waals surface area contributed by atoms with Crippen molar-refractivity contribution in [3.63, 3.8) is 0 Å². The van der Waals surface area contributed by atoms with Crippen molar-refractivity contribution in [1.82, 2.24) is 5.32 Å². The van der Waals surface area contributed by atoms with Gasteiger partial charge in [-0.2, -0.15) is 0 Å². The van der Waals surface area contributed by atoms with E-state index in [9.17, 15) is 4.79 Å². The maximum atomic E-state index is 11.1. The molecular formula is C10H13ClN2O. The second-order valence-electron chi connectivity index (χ2n) is 2.95. The Labute approximate surface area is 88.2 Å². The van der Waals surface area contributed by atoms with Crippen molar-refractivity contribution in [3.8, 4) is 0 Å². The van der Waals surface area contributed by atoms with Crippen molar-refractivity contribution in [2.24, 2.45) is 5.73 Å². The Kier molecular flexibility index (Phi) is 3.92. The fraction of sp³-hybridized carbons (Fsp3) is 0.300. The van der Waals surface area contributed by atoms with Crippen molar-refractivity contribution in [1.29, 1.82) is 0 Å². The van der Waals surface area contributed by atoms with Gasteiger partial charge in [0.1, 0.15) is 6.04 Å². The predicted molar refractivity (Wildman–Crippen MR) is 57.1 cm³/mol. The molecule has 0 fully saturated rings. The molecule has 0 aliphatic heterocycles. The van der Waals surface area contributed by atoms with Crippen LogP contribution in [0.3, 0.4) is 0 Å². The summed E-state index contributed by atoms with van der Waals surface area (Å²) < 4.78 is 0. The first-order valence-electron chi connectivity index (χ1n) is 4.43. The number of halogens is 1. The van der Waals surface area contributed by atoms with Gasteiger partial charge in [-0.15, -0.1) is 0 Å². The van der Waals surface area contributed by atoms with Gasteiger partial charge in [0, 0.05) is 5.02 Å². The number of hydrogen-bond acceptors (Lipinski definition) is 2. The van der Waals surface area contributed by atoms with Gasteiger partial charge in [-0.05, 0) is 24.2 Å². The number of benzene rings is 1. The van der Waals surface area contributed by atoms with Crippen molar-refractivity contribution in [2.45, 2.75) is 13.0 Å². The summed E-state index contributed by atoms with van der Waals surface area (Å²) in [4.78, 5) is 11.1. The largest absolute Gasteiger partial charge is 0.368 e. The molecule has 1 amide bonds. The number of hydrogen-bond donors (Lipinski definition) is 2. The van der Waals surface area contributed by atoms with Crippen molar-refractivity contribution in [3.05, 3.63) is 34.9 Å². The fourth-order valence-electron chi connectivity index (χ4n) is 1.27. The summed E-state index contributed by atoms with van der Waals surface area (Å²) in [6, 6.07) is 6.66. The highest BCUT2D eigenvalue weighted by molar-refractivity contribution is 6.30. The number of carbonyl (C=O) groups is 1. The Morgan fingerprint density at radius 2 is 2.36 bits per heavy atom. The third-order valence-corrected chi connectivity index (χ3v) is 2.11. The van der Waals surface area contributed by atoms with Crippen LogP contribution in [-0.4, -0.2) is 12.5 Å². The summed E-state index contributed by atoms with van der Waals surface area (Å²) in [6.45, 7) is 2.60. The molecule has 0 aliphatic carbocycles. The van der Waals surface area contributed by atoms with Crippen LogP contribution >= 0.6 is 11.6 Å². The van der Waals surface area contributed by atoms with Crippen molar-refractivity contribution >= 4 is 17.5 Å². The lowest BCUT2D eigenvalue weighted by molar-refractivity contribution is -0.120. The van der Waals surface area contributed by atoms with Crippen LogP contribution in [0.5, 0.6) is 0 Å². The first-order valence-corrected chi connectivity index (χ1v) is 4.81. The molecule has 3 nitrogen and oxygen atoms in total. The highest BCUT2D eigenvalue weighted by Crippen LogP contribution is 2.17. The van der Waals surface area contributed by atoms with Gasteiger partial charge >= 0.3 is 0 Å². The summed E-state index contributed by atoms with van der Waals surface area (Å²) in [5.41, 5.74) is 6.06. The summed E-state index contributed by atoms with van der Waals surface area (Å²) in [7, 11) is 0. The number of carbonyl (C=O) groups excluding carboxylic acids is 1. The van der Waals surface area contributed by atoms with E-state index < -0.39 is 11.9 Å². The molecule has 76 valence electrons. The average molecular weight is 213 g/mol. The maximum absolute atomic E-state index is 11.1. The quantitative estimate of drug-likeness (QED) is 0.795. The Bertz CT molecular complexity index is 328. The molecule has 1 atom stereocenters. The average Bonchev–Trinajstić information content (AvgIpc) is 2.13. The van der Waals surface area contributed by atoms with Crippen LogP contribution in [0.15, 0.2) is 24.3 Å². The van der Waals surface area contributed by atoms with E-state index in [2.05, 4.69) is 5.32 Å². The van der Waals surface area contributed by atoms with Crippen LogP contribution in [-0.2, 0) is 4.79 Å². The molecule has 1 rings (SSSR count). The molecule has 14 heavy (non-hydrogen) atoms. The van der Waals surface area contributed by atoms with E-state index in [-0.39, 0.29) is 0 Å². The lowest BCUT2D eigenvalue weighted by Crippen LogP contribution is -2.33. The van der Waals surface area contributed by atoms with Crippen LogP contribution in [0.1, 0.15) is 18.5 Å². The molecule has 1 aromatic rings. The summed E-state index contributed by atoms with van der Waals surface area (Å²) in [5.74, 6) is -0.394. The van der Waals surface area contributed by atoms with Gasteiger partial charge in [-0.1, -0.05) is 30.7 Å². The van der Waals surface area contributed by atoms with Crippen LogP contribution in [0.2, 0.25) is 5.02 Å². The van der Waals surface area contributed by atoms with E-state index >= 15 is 0 Å². The standard InChI is InChI=1S/C10H13ClN2O/c1-2-13-9(10(12)14)7-4-3-5-8(11)6-7/h3-6,9,13H,2H2,1H3,(H2,12,14). The lowest BCUT2D eigenvalue weighted by atomic mass is 10.1. The smallest absolute Gasteiger partial charge is 0.239 e. The summed E-state index contributed by atoms with van der Waals surface area (Å²) in [5, 5.41) is 3.60. The highest BCUT2D eigenvalue weighted by atomic mass is 35.5. The SMILES string of the molecule is CCNC(C(N)=O)c1cccc(Cl)c1. The zero-order valence-electron chi connectivity index (χ0n) is 7.96. The van der Waals surface area contributed by atoms with Gasteiger partial charge < -0.3 is 11.1 Å². The van der Waals surface area contributed by atoms with Crippen molar-refractivity contribution < 1.29 is 4.79 Å². The van der Waals surface area contributed by atoms with Gasteiger partial charge in [0.2, 0.25) is 5.91 Å². The summed E-state index contributed by atoms with van der Waals surface area (Å²) in [6.07, 6.45) is 0. The van der Waals surface area contributed by atoms with E-state index in [4.69, 9.17) is 17.3 Å². The predicted octanol–water partition coefficient (Wildman–Crippen LogP) is 1.48. The van der Waals surface area contributed by atoms with Gasteiger partial charge in [0.05, 0.1) is 0 Å². The minimum atomic E-state index is -0.460. The molecule has 4 heteroatoms. The fourth-order valence-corrected chi connectivity index (χ4v) is 1.47. The first kappa shape index (κ1) is 11.0. The van der Waals surface area contributed by atoms with Crippen molar-refractivity contribution in [2.75, 3.05) is 6.54 Å². The number of amides is 1. The number of likely N-dealkylation sites (N-methyl/N-ethyl adjacent to an activating group) is 1. The van der Waals surface area contributed by atoms with E-state index in [0.29, 0.717) is 11.6 Å². The van der Waals surface area contributed by atoms with E-state index in [1.807, 2.05) is 13.0 Å². The van der Waals surface area contributed by atoms with Gasteiger partial charge in [0.15, 0.2) is 0 Å². The molecule has 0 radical (unpaired) electrons. The Morgan fingerprint density at radius 3 is 2.86 bits per heavy atom. The maximum Gasteiger partial charge on any atom is 0.239 e. The molecule has 0 saturated heterocycles. The van der Waals surface area contributed by atoms with E-state index in [0.717, 1.165) is 5.56 Å². The Morgan fingerprint density at radius 1 is 1.64 bits per heavy atom. The number of rotatable bonds is 4. The molecule has 0 spiro atoms. The first-order chi connectivity index (χ1) is 6.65. The van der Waals surface area contributed by atoms with Gasteiger partial charge in [-0.25, -0.2) is 0 Å². The van der Waals surface area contributed by atoms with Crippen LogP contribution in [0.25, 0.3) is 0 Å². The Balaban J connectivity index is 2.93. The number of primary amides is 1. The zero-order valence-corrected chi connectivity index (χ0v) is 8.71. The van der Waals surface area contributed by atoms with Crippen LogP contribution < -0.4 is 11.1 Å². The molecule has 0 heterocycles. The molecule has 1 unspecified atom stereocenters. The zero-order chi connectivity index (χ0) is 10.6. The molecule has 0 bridgehead atoms. The van der Waals surface area contributed by atoms with Gasteiger partial charge in [0.25, 0.3) is 0 Å². The van der Waals surface area contributed by atoms with Gasteiger partial charge in [-0.3, -0.25) is 4.79 Å². The minimum absolute atomic E-state index is 0.394. The summed E-state index contributed by atoms with van der Waals surface area (Å²) >= 11 is 5.81. The van der Waals surface area contributed by atoms with Crippen LogP contribution in [0.4, 0.5) is 0 Å². The molecule has 0 aromatic heterocycles.